The molecule has 0 bridgehead atoms. The Morgan fingerprint density at radius 2 is 2.07 bits per heavy atom. The van der Waals surface area contributed by atoms with Crippen molar-refractivity contribution in [3.8, 4) is 17.1 Å². The first-order chi connectivity index (χ1) is 13.7. The highest BCUT2D eigenvalue weighted by molar-refractivity contribution is 6.30. The van der Waals surface area contributed by atoms with Crippen LogP contribution in [0.5, 0.6) is 5.75 Å². The number of para-hydroxylation sites is 1. The molecule has 1 aromatic heterocycles. The molecule has 1 amide bonds. The summed E-state index contributed by atoms with van der Waals surface area (Å²) in [6.07, 6.45) is 1.27. The summed E-state index contributed by atoms with van der Waals surface area (Å²) >= 11 is 5.92. The van der Waals surface area contributed by atoms with Gasteiger partial charge < -0.3 is 10.1 Å². The maximum Gasteiger partial charge on any atom is 0.247 e. The van der Waals surface area contributed by atoms with Crippen LogP contribution in [0.15, 0.2) is 48.5 Å². The van der Waals surface area contributed by atoms with Crippen LogP contribution in [0.3, 0.4) is 0 Å². The average Bonchev–Trinajstić information content (AvgIpc) is 3.19. The maximum absolute atomic E-state index is 12.9. The molecular weight excluding hydrogens is 378 g/mol. The van der Waals surface area contributed by atoms with Crippen LogP contribution in [0.1, 0.15) is 37.4 Å². The second kappa shape index (κ2) is 7.98. The highest BCUT2D eigenvalue weighted by Crippen LogP contribution is 2.32. The van der Waals surface area contributed by atoms with Crippen LogP contribution >= 0.6 is 11.6 Å². The number of fused-ring (bicyclic) bond motifs is 1. The molecule has 8 heteroatoms. The van der Waals surface area contributed by atoms with Crippen molar-refractivity contribution in [3.63, 3.8) is 0 Å². The fourth-order valence-electron chi connectivity index (χ4n) is 3.29. The Kier molecular flexibility index (Phi) is 5.25. The third kappa shape index (κ3) is 3.71. The molecule has 0 saturated heterocycles. The smallest absolute Gasteiger partial charge is 0.247 e. The number of aromatic nitrogens is 4. The normalized spacial score (nSPS) is 16.7. The molecular formula is C20H20ClN5O2. The largest absolute Gasteiger partial charge is 0.493 e. The second-order valence-corrected chi connectivity index (χ2v) is 7.04. The quantitative estimate of drug-likeness (QED) is 0.711. The Morgan fingerprint density at radius 1 is 1.29 bits per heavy atom. The number of tetrazole rings is 1. The Balaban J connectivity index is 1.52. The summed E-state index contributed by atoms with van der Waals surface area (Å²) < 4.78 is 5.67. The van der Waals surface area contributed by atoms with E-state index in [1.165, 1.54) is 4.80 Å². The molecule has 28 heavy (non-hydrogen) atoms. The number of hydrogen-bond acceptors (Lipinski definition) is 5. The second-order valence-electron chi connectivity index (χ2n) is 6.60. The van der Waals surface area contributed by atoms with Gasteiger partial charge in [0, 0.05) is 22.6 Å². The fraction of sp³-hybridized carbons (Fsp3) is 0.300. The standard InChI is InChI=1S/C20H20ClN5O2/c1-2-17(26-24-19(23-25-26)13-7-9-14(21)10-8-13)20(27)22-16-11-12-28-18-6-4-3-5-15(16)18/h3-10,16-17H,2,11-12H2,1H3,(H,22,27). The monoisotopic (exact) mass is 397 g/mol. The highest BCUT2D eigenvalue weighted by atomic mass is 35.5. The third-order valence-corrected chi connectivity index (χ3v) is 5.03. The van der Waals surface area contributed by atoms with Crippen LogP contribution in [0.4, 0.5) is 0 Å². The molecule has 1 aliphatic heterocycles. The minimum atomic E-state index is -0.538. The number of benzene rings is 2. The summed E-state index contributed by atoms with van der Waals surface area (Å²) in [7, 11) is 0. The van der Waals surface area contributed by atoms with Crippen molar-refractivity contribution in [2.24, 2.45) is 0 Å². The number of halogens is 1. The van der Waals surface area contributed by atoms with E-state index < -0.39 is 6.04 Å². The summed E-state index contributed by atoms with van der Waals surface area (Å²) in [5.74, 6) is 1.14. The Bertz CT molecular complexity index is 973. The number of ether oxygens (including phenoxy) is 1. The van der Waals surface area contributed by atoms with Gasteiger partial charge in [0.15, 0.2) is 6.04 Å². The lowest BCUT2D eigenvalue weighted by Gasteiger charge is -2.27. The van der Waals surface area contributed by atoms with Gasteiger partial charge in [-0.15, -0.1) is 10.2 Å². The molecule has 0 fully saturated rings. The minimum Gasteiger partial charge on any atom is -0.493 e. The van der Waals surface area contributed by atoms with E-state index in [2.05, 4.69) is 20.7 Å². The van der Waals surface area contributed by atoms with Gasteiger partial charge in [-0.2, -0.15) is 4.80 Å². The van der Waals surface area contributed by atoms with Crippen molar-refractivity contribution in [1.29, 1.82) is 0 Å². The van der Waals surface area contributed by atoms with E-state index in [1.807, 2.05) is 43.3 Å². The molecule has 3 aromatic rings. The predicted molar refractivity (Wildman–Crippen MR) is 105 cm³/mol. The van der Waals surface area contributed by atoms with E-state index in [4.69, 9.17) is 16.3 Å². The van der Waals surface area contributed by atoms with Crippen LogP contribution in [0.25, 0.3) is 11.4 Å². The zero-order valence-corrected chi connectivity index (χ0v) is 16.1. The highest BCUT2D eigenvalue weighted by Gasteiger charge is 2.28. The molecule has 1 N–H and O–H groups in total. The molecule has 2 heterocycles. The van der Waals surface area contributed by atoms with Gasteiger partial charge in [-0.05, 0) is 42.0 Å². The number of amides is 1. The van der Waals surface area contributed by atoms with Crippen molar-refractivity contribution in [1.82, 2.24) is 25.5 Å². The topological polar surface area (TPSA) is 81.9 Å². The molecule has 0 aliphatic carbocycles. The van der Waals surface area contributed by atoms with E-state index in [9.17, 15) is 4.79 Å². The van der Waals surface area contributed by atoms with Gasteiger partial charge in [-0.25, -0.2) is 0 Å². The molecule has 1 aliphatic rings. The number of carbonyl (C=O) groups is 1. The molecule has 2 unspecified atom stereocenters. The summed E-state index contributed by atoms with van der Waals surface area (Å²) in [6.45, 7) is 2.49. The molecule has 7 nitrogen and oxygen atoms in total. The number of rotatable bonds is 5. The Hall–Kier alpha value is -2.93. The molecule has 2 aromatic carbocycles. The predicted octanol–water partition coefficient (Wildman–Crippen LogP) is 3.58. The van der Waals surface area contributed by atoms with Gasteiger partial charge in [0.2, 0.25) is 11.7 Å². The first-order valence-corrected chi connectivity index (χ1v) is 9.61. The van der Waals surface area contributed by atoms with Crippen molar-refractivity contribution >= 4 is 17.5 Å². The third-order valence-electron chi connectivity index (χ3n) is 4.77. The minimum absolute atomic E-state index is 0.0919. The van der Waals surface area contributed by atoms with E-state index >= 15 is 0 Å². The lowest BCUT2D eigenvalue weighted by molar-refractivity contribution is -0.126. The molecule has 0 radical (unpaired) electrons. The van der Waals surface area contributed by atoms with E-state index in [0.29, 0.717) is 23.9 Å². The molecule has 144 valence electrons. The van der Waals surface area contributed by atoms with Crippen LogP contribution in [-0.4, -0.2) is 32.7 Å². The van der Waals surface area contributed by atoms with E-state index in [1.54, 1.807) is 12.1 Å². The van der Waals surface area contributed by atoms with Gasteiger partial charge in [-0.1, -0.05) is 36.7 Å². The van der Waals surface area contributed by atoms with Crippen molar-refractivity contribution in [2.45, 2.75) is 31.8 Å². The summed E-state index contributed by atoms with van der Waals surface area (Å²) in [4.78, 5) is 14.3. The van der Waals surface area contributed by atoms with Gasteiger partial charge >= 0.3 is 0 Å². The van der Waals surface area contributed by atoms with Crippen molar-refractivity contribution in [3.05, 3.63) is 59.1 Å². The first kappa shape index (κ1) is 18.4. The number of nitrogens with one attached hydrogen (secondary N) is 1. The van der Waals surface area contributed by atoms with Crippen LogP contribution in [-0.2, 0) is 4.79 Å². The first-order valence-electron chi connectivity index (χ1n) is 9.23. The van der Waals surface area contributed by atoms with Crippen LogP contribution < -0.4 is 10.1 Å². The zero-order valence-electron chi connectivity index (χ0n) is 15.4. The van der Waals surface area contributed by atoms with Gasteiger partial charge in [0.25, 0.3) is 0 Å². The lowest BCUT2D eigenvalue weighted by atomic mass is 10.00. The molecule has 4 rings (SSSR count). The van der Waals surface area contributed by atoms with Crippen molar-refractivity contribution in [2.75, 3.05) is 6.61 Å². The SMILES string of the molecule is CCC(C(=O)NC1CCOc2ccccc21)n1nnc(-c2ccc(Cl)cc2)n1. The Morgan fingerprint density at radius 3 is 2.86 bits per heavy atom. The average molecular weight is 398 g/mol. The van der Waals surface area contributed by atoms with Crippen LogP contribution in [0, 0.1) is 0 Å². The number of hydrogen-bond donors (Lipinski definition) is 1. The van der Waals surface area contributed by atoms with Gasteiger partial charge in [0.05, 0.1) is 12.6 Å². The maximum atomic E-state index is 12.9. The van der Waals surface area contributed by atoms with Gasteiger partial charge in [0.1, 0.15) is 5.75 Å². The zero-order chi connectivity index (χ0) is 19.5. The van der Waals surface area contributed by atoms with E-state index in [0.717, 1.165) is 23.3 Å². The van der Waals surface area contributed by atoms with E-state index in [-0.39, 0.29) is 11.9 Å². The van der Waals surface area contributed by atoms with Crippen LogP contribution in [0.2, 0.25) is 5.02 Å². The summed E-state index contributed by atoms with van der Waals surface area (Å²) in [5, 5.41) is 16.3. The number of carbonyl (C=O) groups excluding carboxylic acids is 1. The molecule has 0 spiro atoms. The molecule has 2 atom stereocenters. The summed E-state index contributed by atoms with van der Waals surface area (Å²) in [6, 6.07) is 14.3. The lowest BCUT2D eigenvalue weighted by Crippen LogP contribution is -2.37. The van der Waals surface area contributed by atoms with Gasteiger partial charge in [-0.3, -0.25) is 4.79 Å². The fourth-order valence-corrected chi connectivity index (χ4v) is 3.41. The Labute approximate surface area is 167 Å². The summed E-state index contributed by atoms with van der Waals surface area (Å²) in [5.41, 5.74) is 1.79. The molecule has 0 saturated carbocycles. The van der Waals surface area contributed by atoms with Crippen molar-refractivity contribution < 1.29 is 9.53 Å². The number of nitrogens with zero attached hydrogens (tertiary/aromatic N) is 4.